The molecule has 5 heteroatoms. The molecule has 1 fully saturated rings. The Balaban J connectivity index is 1.47. The van der Waals surface area contributed by atoms with Gasteiger partial charge < -0.3 is 19.7 Å². The third kappa shape index (κ3) is 3.62. The van der Waals surface area contributed by atoms with Crippen molar-refractivity contribution in [1.29, 1.82) is 0 Å². The zero-order chi connectivity index (χ0) is 14.7. The van der Waals surface area contributed by atoms with Gasteiger partial charge in [0, 0.05) is 6.54 Å². The van der Waals surface area contributed by atoms with E-state index in [1.54, 1.807) is 0 Å². The van der Waals surface area contributed by atoms with E-state index in [1.807, 2.05) is 12.1 Å². The number of nitrogens with one attached hydrogen (secondary N) is 1. The topological polar surface area (TPSA) is 33.7 Å². The van der Waals surface area contributed by atoms with Crippen molar-refractivity contribution < 1.29 is 9.47 Å². The third-order valence-electron chi connectivity index (χ3n) is 4.40. The number of rotatable bonds is 5. The Morgan fingerprint density at radius 2 is 2.10 bits per heavy atom. The Hall–Kier alpha value is -0.970. The van der Waals surface area contributed by atoms with Crippen LogP contribution in [0.2, 0.25) is 5.02 Å². The first-order valence-corrected chi connectivity index (χ1v) is 8.15. The molecular formula is C16H23ClN2O2. The summed E-state index contributed by atoms with van der Waals surface area (Å²) >= 11 is 6.20. The lowest BCUT2D eigenvalue weighted by Crippen LogP contribution is -2.36. The van der Waals surface area contributed by atoms with Crippen LogP contribution in [0.3, 0.4) is 0 Å². The fraction of sp³-hybridized carbons (Fsp3) is 0.625. The first-order chi connectivity index (χ1) is 10.3. The van der Waals surface area contributed by atoms with Crippen molar-refractivity contribution in [3.05, 3.63) is 22.7 Å². The highest BCUT2D eigenvalue weighted by molar-refractivity contribution is 6.32. The van der Waals surface area contributed by atoms with Crippen LogP contribution in [0.5, 0.6) is 11.5 Å². The summed E-state index contributed by atoms with van der Waals surface area (Å²) in [7, 11) is 0. The molecule has 0 saturated carbocycles. The molecule has 0 bridgehead atoms. The van der Waals surface area contributed by atoms with Crippen molar-refractivity contribution in [2.45, 2.75) is 26.3 Å². The van der Waals surface area contributed by atoms with Crippen LogP contribution < -0.4 is 14.8 Å². The summed E-state index contributed by atoms with van der Waals surface area (Å²) in [4.78, 5) is 2.52. The molecule has 21 heavy (non-hydrogen) atoms. The summed E-state index contributed by atoms with van der Waals surface area (Å²) in [5.41, 5.74) is 1.15. The summed E-state index contributed by atoms with van der Waals surface area (Å²) < 4.78 is 10.7. The van der Waals surface area contributed by atoms with Crippen LogP contribution in [-0.2, 0) is 6.54 Å². The number of nitrogens with zero attached hydrogens (tertiary/aromatic N) is 1. The minimum Gasteiger partial charge on any atom is -0.454 e. The zero-order valence-corrected chi connectivity index (χ0v) is 13.3. The Labute approximate surface area is 131 Å². The summed E-state index contributed by atoms with van der Waals surface area (Å²) in [5.74, 6) is 2.22. The van der Waals surface area contributed by atoms with Crippen LogP contribution in [-0.4, -0.2) is 37.9 Å². The number of piperidine rings is 1. The van der Waals surface area contributed by atoms with Gasteiger partial charge in [0.15, 0.2) is 11.5 Å². The second-order valence-corrected chi connectivity index (χ2v) is 6.23. The molecule has 0 amide bonds. The summed E-state index contributed by atoms with van der Waals surface area (Å²) in [5, 5.41) is 4.19. The van der Waals surface area contributed by atoms with Gasteiger partial charge >= 0.3 is 0 Å². The number of fused-ring (bicyclic) bond motifs is 1. The van der Waals surface area contributed by atoms with Gasteiger partial charge in [-0.2, -0.15) is 0 Å². The van der Waals surface area contributed by atoms with Gasteiger partial charge in [-0.15, -0.1) is 0 Å². The molecule has 1 aromatic rings. The standard InChI is InChI=1S/C16H23ClN2O2/c1-2-19-5-3-12(4-6-19)9-18-10-13-7-14(17)16-15(8-13)20-11-21-16/h7-8,12,18H,2-6,9-11H2,1H3. The molecule has 0 unspecified atom stereocenters. The average Bonchev–Trinajstić information content (AvgIpc) is 2.97. The predicted molar refractivity (Wildman–Crippen MR) is 84.1 cm³/mol. The minimum atomic E-state index is 0.266. The molecule has 3 rings (SSSR count). The van der Waals surface area contributed by atoms with Crippen molar-refractivity contribution in [2.24, 2.45) is 5.92 Å². The van der Waals surface area contributed by atoms with Crippen LogP contribution in [0.4, 0.5) is 0 Å². The van der Waals surface area contributed by atoms with E-state index in [4.69, 9.17) is 21.1 Å². The van der Waals surface area contributed by atoms with E-state index in [1.165, 1.54) is 32.5 Å². The zero-order valence-electron chi connectivity index (χ0n) is 12.5. The van der Waals surface area contributed by atoms with Gasteiger partial charge in [0.2, 0.25) is 6.79 Å². The monoisotopic (exact) mass is 310 g/mol. The maximum atomic E-state index is 6.20. The molecule has 0 spiro atoms. The second-order valence-electron chi connectivity index (χ2n) is 5.82. The second kappa shape index (κ2) is 6.86. The number of halogens is 1. The maximum Gasteiger partial charge on any atom is 0.231 e. The van der Waals surface area contributed by atoms with Crippen LogP contribution in [0.25, 0.3) is 0 Å². The fourth-order valence-electron chi connectivity index (χ4n) is 3.05. The Morgan fingerprint density at radius 3 is 2.86 bits per heavy atom. The number of hydrogen-bond acceptors (Lipinski definition) is 4. The van der Waals surface area contributed by atoms with Gasteiger partial charge in [-0.3, -0.25) is 0 Å². The van der Waals surface area contributed by atoms with Crippen molar-refractivity contribution in [2.75, 3.05) is 33.0 Å². The fourth-order valence-corrected chi connectivity index (χ4v) is 3.34. The molecule has 0 atom stereocenters. The summed E-state index contributed by atoms with van der Waals surface area (Å²) in [6, 6.07) is 3.97. The summed E-state index contributed by atoms with van der Waals surface area (Å²) in [6.45, 7) is 8.05. The van der Waals surface area contributed by atoms with Gasteiger partial charge in [0.05, 0.1) is 5.02 Å². The number of ether oxygens (including phenoxy) is 2. The molecular weight excluding hydrogens is 288 g/mol. The van der Waals surface area contributed by atoms with Gasteiger partial charge in [-0.1, -0.05) is 18.5 Å². The van der Waals surface area contributed by atoms with Crippen molar-refractivity contribution >= 4 is 11.6 Å². The molecule has 2 aliphatic heterocycles. The molecule has 0 radical (unpaired) electrons. The van der Waals surface area contributed by atoms with E-state index in [9.17, 15) is 0 Å². The molecule has 0 aliphatic carbocycles. The molecule has 1 saturated heterocycles. The smallest absolute Gasteiger partial charge is 0.231 e. The lowest BCUT2D eigenvalue weighted by Gasteiger charge is -2.31. The molecule has 116 valence electrons. The van der Waals surface area contributed by atoms with Crippen LogP contribution in [0.1, 0.15) is 25.3 Å². The lowest BCUT2D eigenvalue weighted by atomic mass is 9.97. The first kappa shape index (κ1) is 14.9. The Kier molecular flexibility index (Phi) is 4.88. The first-order valence-electron chi connectivity index (χ1n) is 7.77. The molecule has 4 nitrogen and oxygen atoms in total. The molecule has 1 N–H and O–H groups in total. The van der Waals surface area contributed by atoms with E-state index >= 15 is 0 Å². The average molecular weight is 311 g/mol. The molecule has 2 aliphatic rings. The van der Waals surface area contributed by atoms with Gasteiger partial charge in [-0.25, -0.2) is 0 Å². The lowest BCUT2D eigenvalue weighted by molar-refractivity contribution is 0.174. The SMILES string of the molecule is CCN1CCC(CNCc2cc(Cl)c3c(c2)OCO3)CC1. The molecule has 2 heterocycles. The molecule has 1 aromatic carbocycles. The Bertz CT molecular complexity index is 487. The van der Waals surface area contributed by atoms with Gasteiger partial charge in [0.25, 0.3) is 0 Å². The van der Waals surface area contributed by atoms with Crippen molar-refractivity contribution in [3.8, 4) is 11.5 Å². The summed E-state index contributed by atoms with van der Waals surface area (Å²) in [6.07, 6.45) is 2.59. The highest BCUT2D eigenvalue weighted by Crippen LogP contribution is 2.39. The minimum absolute atomic E-state index is 0.266. The Morgan fingerprint density at radius 1 is 1.29 bits per heavy atom. The number of benzene rings is 1. The van der Waals surface area contributed by atoms with E-state index in [0.717, 1.165) is 30.3 Å². The van der Waals surface area contributed by atoms with Crippen LogP contribution in [0, 0.1) is 5.92 Å². The van der Waals surface area contributed by atoms with Crippen molar-refractivity contribution in [1.82, 2.24) is 10.2 Å². The number of likely N-dealkylation sites (tertiary alicyclic amines) is 1. The van der Waals surface area contributed by atoms with Crippen molar-refractivity contribution in [3.63, 3.8) is 0 Å². The van der Waals surface area contributed by atoms with E-state index in [2.05, 4.69) is 17.1 Å². The molecule has 0 aromatic heterocycles. The van der Waals surface area contributed by atoms with E-state index < -0.39 is 0 Å². The van der Waals surface area contributed by atoms with E-state index in [-0.39, 0.29) is 6.79 Å². The maximum absolute atomic E-state index is 6.20. The largest absolute Gasteiger partial charge is 0.454 e. The van der Waals surface area contributed by atoms with Gasteiger partial charge in [0.1, 0.15) is 0 Å². The highest BCUT2D eigenvalue weighted by Gasteiger charge is 2.19. The predicted octanol–water partition coefficient (Wildman–Crippen LogP) is 2.89. The quantitative estimate of drug-likeness (QED) is 0.907. The van der Waals surface area contributed by atoms with E-state index in [0.29, 0.717) is 10.8 Å². The number of hydrogen-bond donors (Lipinski definition) is 1. The third-order valence-corrected chi connectivity index (χ3v) is 4.68. The van der Waals surface area contributed by atoms with Gasteiger partial charge in [-0.05, 0) is 62.6 Å². The highest BCUT2D eigenvalue weighted by atomic mass is 35.5. The normalized spacial score (nSPS) is 19.1. The van der Waals surface area contributed by atoms with Crippen LogP contribution >= 0.6 is 11.6 Å². The van der Waals surface area contributed by atoms with Crippen LogP contribution in [0.15, 0.2) is 12.1 Å².